The molecule has 8 aromatic rings. The number of fused-ring (bicyclic) bond motifs is 2. The number of benzene rings is 3. The van der Waals surface area contributed by atoms with E-state index < -0.39 is 0 Å². The van der Waals surface area contributed by atoms with Crippen LogP contribution in [-0.4, -0.2) is 114 Å². The van der Waals surface area contributed by atoms with Gasteiger partial charge in [-0.15, -0.1) is 11.3 Å². The number of thiophene rings is 1. The number of halogens is 3. The molecular formula is C43H39ClF2N14O2S. The van der Waals surface area contributed by atoms with Crippen molar-refractivity contribution in [1.29, 1.82) is 0 Å². The average molecular weight is 889 g/mol. The second kappa shape index (κ2) is 17.6. The van der Waals surface area contributed by atoms with Crippen molar-refractivity contribution in [1.82, 2.24) is 49.7 Å². The minimum Gasteiger partial charge on any atom is -0.368 e. The first-order chi connectivity index (χ1) is 30.5. The Labute approximate surface area is 367 Å². The molecule has 7 heterocycles. The van der Waals surface area contributed by atoms with Gasteiger partial charge in [0.2, 0.25) is 17.8 Å². The van der Waals surface area contributed by atoms with Gasteiger partial charge >= 0.3 is 0 Å². The lowest BCUT2D eigenvalue weighted by Crippen LogP contribution is -2.49. The van der Waals surface area contributed by atoms with Crippen LogP contribution in [0.5, 0.6) is 0 Å². The molecule has 63 heavy (non-hydrogen) atoms. The summed E-state index contributed by atoms with van der Waals surface area (Å²) in [6.45, 7) is 4.70. The van der Waals surface area contributed by atoms with Gasteiger partial charge in [0.15, 0.2) is 22.9 Å². The number of amides is 2. The number of anilines is 4. The number of carbonyl (C=O) groups is 2. The van der Waals surface area contributed by atoms with Gasteiger partial charge in [0.25, 0.3) is 5.91 Å². The summed E-state index contributed by atoms with van der Waals surface area (Å²) in [6.07, 6.45) is 0.434. The zero-order chi connectivity index (χ0) is 43.6. The number of imidazole rings is 2. The van der Waals surface area contributed by atoms with Crippen LogP contribution in [0.1, 0.15) is 15.2 Å². The average Bonchev–Trinajstić information content (AvgIpc) is 4.08. The molecule has 2 fully saturated rings. The summed E-state index contributed by atoms with van der Waals surface area (Å²) in [6, 6.07) is 22.9. The third-order valence-corrected chi connectivity index (χ3v) is 11.9. The van der Waals surface area contributed by atoms with Crippen LogP contribution >= 0.6 is 22.9 Å². The number of hydrogen-bond acceptors (Lipinski definition) is 13. The topological polar surface area (TPSA) is 208 Å². The van der Waals surface area contributed by atoms with Gasteiger partial charge in [0.05, 0.1) is 6.42 Å². The largest absolute Gasteiger partial charge is 0.368 e. The number of aromatic amines is 2. The molecule has 20 heteroatoms. The second-order valence-electron chi connectivity index (χ2n) is 14.8. The minimum absolute atomic E-state index is 0.0335. The van der Waals surface area contributed by atoms with Gasteiger partial charge in [-0.25, -0.2) is 18.7 Å². The van der Waals surface area contributed by atoms with E-state index in [2.05, 4.69) is 49.7 Å². The normalized spacial score (nSPS) is 14.3. The highest BCUT2D eigenvalue weighted by Crippen LogP contribution is 2.30. The Balaban J connectivity index is 0.000000160. The quantitative estimate of drug-likeness (QED) is 0.144. The molecule has 320 valence electrons. The number of nitrogens with zero attached hydrogens (tertiary/aromatic N) is 10. The number of nitrogens with two attached hydrogens (primary N) is 2. The number of nitrogen functional groups attached to an aromatic ring is 2. The Bertz CT molecular complexity index is 2900. The smallest absolute Gasteiger partial charge is 0.253 e. The second-order valence-corrected chi connectivity index (χ2v) is 16.3. The van der Waals surface area contributed by atoms with Gasteiger partial charge in [0, 0.05) is 78.9 Å². The first-order valence-electron chi connectivity index (χ1n) is 20.0. The first kappa shape index (κ1) is 41.1. The van der Waals surface area contributed by atoms with Crippen molar-refractivity contribution in [2.75, 3.05) is 73.6 Å². The summed E-state index contributed by atoms with van der Waals surface area (Å²) < 4.78 is 26.5. The van der Waals surface area contributed by atoms with Crippen molar-refractivity contribution in [2.24, 2.45) is 0 Å². The van der Waals surface area contributed by atoms with Crippen molar-refractivity contribution in [3.05, 3.63) is 117 Å². The predicted molar refractivity (Wildman–Crippen MR) is 239 cm³/mol. The van der Waals surface area contributed by atoms with Crippen LogP contribution in [0.4, 0.5) is 32.3 Å². The van der Waals surface area contributed by atoms with Crippen LogP contribution in [0.2, 0.25) is 5.02 Å². The molecule has 2 amide bonds. The molecule has 0 spiro atoms. The highest BCUT2D eigenvalue weighted by Gasteiger charge is 2.27. The number of nitrogens with one attached hydrogen (secondary N) is 2. The van der Waals surface area contributed by atoms with E-state index in [4.69, 9.17) is 23.1 Å². The molecule has 2 saturated heterocycles. The maximum atomic E-state index is 13.3. The first-order valence-corrected chi connectivity index (χ1v) is 21.2. The number of rotatable bonds is 7. The predicted octanol–water partition coefficient (Wildman–Crippen LogP) is 6.05. The SMILES string of the molecule is Nc1nc(N2CCN(C(=O)Cc3cccs3)CC2)c2[nH]c(-c3ccc(F)cc3)nc2n1.Nc1nc(N2CCN(C(=O)c3ccc(Cl)cc3)CC2)c2[nH]c(-c3ccc(F)cc3)nc2n1. The van der Waals surface area contributed by atoms with Gasteiger partial charge in [-0.3, -0.25) is 9.59 Å². The fourth-order valence-corrected chi connectivity index (χ4v) is 8.30. The summed E-state index contributed by atoms with van der Waals surface area (Å²) in [7, 11) is 0. The van der Waals surface area contributed by atoms with Crippen LogP contribution in [0.15, 0.2) is 90.3 Å². The standard InChI is InChI=1S/C22H19ClFN7O.C21H20FN7OS/c23-15-5-1-14(2-6-15)21(32)31-11-9-30(10-12-31)20-17-19(28-22(25)29-20)27-18(26-17)13-3-7-16(24)8-4-13;22-14-5-3-13(4-6-14)18-24-17-19(25-18)26-21(23)27-20(17)29-9-7-28(8-10-29)16(30)12-15-2-1-11-31-15/h1-8H,9-12H2,(H3,25,26,27,28,29);1-6,11H,7-10,12H2,(H3,23,24,25,26,27). The van der Waals surface area contributed by atoms with E-state index in [1.54, 1.807) is 64.8 Å². The maximum Gasteiger partial charge on any atom is 0.253 e. The third-order valence-electron chi connectivity index (χ3n) is 10.7. The zero-order valence-electron chi connectivity index (χ0n) is 33.5. The molecular weight excluding hydrogens is 850 g/mol. The summed E-state index contributed by atoms with van der Waals surface area (Å²) in [5.41, 5.74) is 16.2. The molecule has 0 atom stereocenters. The van der Waals surface area contributed by atoms with Crippen LogP contribution in [0.25, 0.3) is 45.1 Å². The molecule has 16 nitrogen and oxygen atoms in total. The monoisotopic (exact) mass is 888 g/mol. The van der Waals surface area contributed by atoms with E-state index in [0.717, 1.165) is 16.0 Å². The molecule has 0 aliphatic carbocycles. The summed E-state index contributed by atoms with van der Waals surface area (Å²) >= 11 is 7.51. The number of piperazine rings is 2. The number of H-pyrrole nitrogens is 2. The van der Waals surface area contributed by atoms with Gasteiger partial charge in [0.1, 0.15) is 34.3 Å². The van der Waals surface area contributed by atoms with Crippen molar-refractivity contribution in [2.45, 2.75) is 6.42 Å². The Morgan fingerprint density at radius 3 is 1.56 bits per heavy atom. The number of aromatic nitrogens is 8. The van der Waals surface area contributed by atoms with Gasteiger partial charge in [-0.2, -0.15) is 19.9 Å². The summed E-state index contributed by atoms with van der Waals surface area (Å²) in [5.74, 6) is 2.14. The summed E-state index contributed by atoms with van der Waals surface area (Å²) in [5, 5.41) is 2.58. The van der Waals surface area contributed by atoms with Crippen molar-refractivity contribution in [3.63, 3.8) is 0 Å². The molecule has 5 aromatic heterocycles. The van der Waals surface area contributed by atoms with Crippen LogP contribution in [-0.2, 0) is 11.2 Å². The molecule has 0 bridgehead atoms. The molecule has 3 aromatic carbocycles. The molecule has 2 aliphatic heterocycles. The van der Waals surface area contributed by atoms with E-state index in [0.29, 0.717) is 115 Å². The zero-order valence-corrected chi connectivity index (χ0v) is 35.1. The Hall–Kier alpha value is -7.25. The maximum absolute atomic E-state index is 13.3. The van der Waals surface area contributed by atoms with E-state index in [1.165, 1.54) is 24.3 Å². The molecule has 0 radical (unpaired) electrons. The fourth-order valence-electron chi connectivity index (χ4n) is 7.48. The van der Waals surface area contributed by atoms with Gasteiger partial charge in [-0.05, 0) is 84.2 Å². The van der Waals surface area contributed by atoms with Crippen LogP contribution in [0.3, 0.4) is 0 Å². The third kappa shape index (κ3) is 9.05. The number of carbonyl (C=O) groups excluding carboxylic acids is 2. The van der Waals surface area contributed by atoms with Gasteiger partial charge < -0.3 is 41.0 Å². The van der Waals surface area contributed by atoms with Crippen LogP contribution in [0, 0.1) is 11.6 Å². The van der Waals surface area contributed by atoms with Crippen LogP contribution < -0.4 is 21.3 Å². The van der Waals surface area contributed by atoms with Crippen molar-refractivity contribution in [3.8, 4) is 22.8 Å². The molecule has 0 unspecified atom stereocenters. The summed E-state index contributed by atoms with van der Waals surface area (Å²) in [4.78, 5) is 67.1. The Morgan fingerprint density at radius 2 is 1.10 bits per heavy atom. The Morgan fingerprint density at radius 1 is 0.619 bits per heavy atom. The van der Waals surface area contributed by atoms with Crippen molar-refractivity contribution < 1.29 is 18.4 Å². The Kier molecular flexibility index (Phi) is 11.5. The lowest BCUT2D eigenvalue weighted by Gasteiger charge is -2.35. The lowest BCUT2D eigenvalue weighted by molar-refractivity contribution is -0.130. The van der Waals surface area contributed by atoms with Crippen molar-refractivity contribution >= 4 is 80.6 Å². The minimum atomic E-state index is -0.319. The van der Waals surface area contributed by atoms with E-state index in [1.807, 2.05) is 22.4 Å². The highest BCUT2D eigenvalue weighted by molar-refractivity contribution is 7.10. The lowest BCUT2D eigenvalue weighted by atomic mass is 10.2. The van der Waals surface area contributed by atoms with Gasteiger partial charge in [-0.1, -0.05) is 17.7 Å². The molecule has 2 aliphatic rings. The molecule has 6 N–H and O–H groups in total. The van der Waals surface area contributed by atoms with E-state index in [-0.39, 0.29) is 35.3 Å². The van der Waals surface area contributed by atoms with E-state index in [9.17, 15) is 18.4 Å². The fraction of sp³-hybridized carbons (Fsp3) is 0.209. The molecule has 10 rings (SSSR count). The number of hydrogen-bond donors (Lipinski definition) is 4. The highest BCUT2D eigenvalue weighted by atomic mass is 35.5. The van der Waals surface area contributed by atoms with E-state index >= 15 is 0 Å². The molecule has 0 saturated carbocycles.